The zero-order chi connectivity index (χ0) is 25.6. The van der Waals surface area contributed by atoms with Gasteiger partial charge in [0.1, 0.15) is 11.3 Å². The summed E-state index contributed by atoms with van der Waals surface area (Å²) in [4.78, 5) is 41.2. The molecule has 2 aromatic carbocycles. The summed E-state index contributed by atoms with van der Waals surface area (Å²) in [5.41, 5.74) is -0.212. The normalized spacial score (nSPS) is 16.8. The van der Waals surface area contributed by atoms with Gasteiger partial charge in [0, 0.05) is 37.1 Å². The molecule has 1 atom stereocenters. The average Bonchev–Trinajstić information content (AvgIpc) is 2.84. The smallest absolute Gasteiger partial charge is 0.416 e. The summed E-state index contributed by atoms with van der Waals surface area (Å²) >= 11 is 12.2. The largest absolute Gasteiger partial charge is 0.497 e. The van der Waals surface area contributed by atoms with E-state index in [2.05, 4.69) is 0 Å². The molecule has 188 valence electrons. The number of hydrogen-bond acceptors (Lipinski definition) is 6. The van der Waals surface area contributed by atoms with Crippen molar-refractivity contribution in [2.24, 2.45) is 0 Å². The van der Waals surface area contributed by atoms with E-state index in [0.29, 0.717) is 43.2 Å². The molecule has 1 unspecified atom stereocenters. The highest BCUT2D eigenvalue weighted by Crippen LogP contribution is 2.35. The number of ether oxygens (including phenoxy) is 3. The fourth-order valence-electron chi connectivity index (χ4n) is 3.83. The number of likely N-dealkylation sites (tertiary alicyclic amines) is 1. The van der Waals surface area contributed by atoms with Crippen LogP contribution in [-0.2, 0) is 20.9 Å². The predicted octanol–water partition coefficient (Wildman–Crippen LogP) is 4.95. The Hall–Kier alpha value is -2.97. The van der Waals surface area contributed by atoms with Gasteiger partial charge in [0.15, 0.2) is 5.75 Å². The molecule has 0 saturated carbocycles. The van der Waals surface area contributed by atoms with Gasteiger partial charge in [-0.2, -0.15) is 0 Å². The van der Waals surface area contributed by atoms with Crippen LogP contribution in [0.25, 0.3) is 0 Å². The van der Waals surface area contributed by atoms with Crippen LogP contribution in [0, 0.1) is 0 Å². The van der Waals surface area contributed by atoms with E-state index in [9.17, 15) is 14.4 Å². The molecular weight excluding hydrogens is 495 g/mol. The minimum Gasteiger partial charge on any atom is -0.497 e. The first kappa shape index (κ1) is 26.6. The van der Waals surface area contributed by atoms with Gasteiger partial charge in [0.25, 0.3) is 0 Å². The van der Waals surface area contributed by atoms with E-state index in [1.807, 2.05) is 12.1 Å². The van der Waals surface area contributed by atoms with Gasteiger partial charge in [-0.15, -0.1) is 0 Å². The second-order valence-electron chi connectivity index (χ2n) is 8.37. The molecule has 2 amide bonds. The van der Waals surface area contributed by atoms with Gasteiger partial charge in [0.05, 0.1) is 19.2 Å². The summed E-state index contributed by atoms with van der Waals surface area (Å²) in [6.45, 7) is 2.70. The standard InChI is InChI=1S/C25H28Cl2N2O6/c1-25(12-14-29(25)24(32)35-21-11-10-19(33-2)15-20(21)27)23(31)28(13-4-5-22(30)34-3)16-17-6-8-18(26)9-7-17/h6-11,15H,4-5,12-14,16H2,1-3H3. The monoisotopic (exact) mass is 522 g/mol. The van der Waals surface area contributed by atoms with Gasteiger partial charge in [-0.05, 0) is 49.6 Å². The van der Waals surface area contributed by atoms with Crippen LogP contribution in [0.1, 0.15) is 31.7 Å². The van der Waals surface area contributed by atoms with Crippen LogP contribution >= 0.6 is 23.2 Å². The number of carbonyl (C=O) groups excluding carboxylic acids is 3. The van der Waals surface area contributed by atoms with E-state index in [1.54, 1.807) is 36.1 Å². The van der Waals surface area contributed by atoms with Gasteiger partial charge < -0.3 is 19.1 Å². The second-order valence-corrected chi connectivity index (χ2v) is 9.22. The Morgan fingerprint density at radius 1 is 1.09 bits per heavy atom. The lowest BCUT2D eigenvalue weighted by molar-refractivity contribution is -0.151. The van der Waals surface area contributed by atoms with Crippen molar-refractivity contribution in [3.8, 4) is 11.5 Å². The first-order valence-corrected chi connectivity index (χ1v) is 11.9. The Kier molecular flexibility index (Phi) is 8.86. The SMILES string of the molecule is COC(=O)CCCN(Cc1ccc(Cl)cc1)C(=O)C1(C)CCN1C(=O)Oc1ccc(OC)cc1Cl. The Labute approximate surface area is 214 Å². The number of methoxy groups -OCH3 is 2. The van der Waals surface area contributed by atoms with Crippen LogP contribution in [0.4, 0.5) is 4.79 Å². The molecule has 1 heterocycles. The van der Waals surface area contributed by atoms with Crippen molar-refractivity contribution < 1.29 is 28.6 Å². The Morgan fingerprint density at radius 3 is 2.37 bits per heavy atom. The van der Waals surface area contributed by atoms with Crippen molar-refractivity contribution >= 4 is 41.2 Å². The lowest BCUT2D eigenvalue weighted by Crippen LogP contribution is -2.68. The van der Waals surface area contributed by atoms with Crippen molar-refractivity contribution in [3.05, 3.63) is 58.1 Å². The topological polar surface area (TPSA) is 85.4 Å². The molecule has 0 N–H and O–H groups in total. The summed E-state index contributed by atoms with van der Waals surface area (Å²) in [6, 6.07) is 11.9. The number of carbonyl (C=O) groups is 3. The molecule has 35 heavy (non-hydrogen) atoms. The highest BCUT2D eigenvalue weighted by Gasteiger charge is 2.52. The minimum atomic E-state index is -1.09. The number of nitrogens with zero attached hydrogens (tertiary/aromatic N) is 2. The predicted molar refractivity (Wildman–Crippen MR) is 132 cm³/mol. The molecule has 0 aliphatic carbocycles. The molecule has 1 fully saturated rings. The van der Waals surface area contributed by atoms with Gasteiger partial charge in [-0.1, -0.05) is 35.3 Å². The van der Waals surface area contributed by atoms with Gasteiger partial charge in [-0.25, -0.2) is 4.79 Å². The van der Waals surface area contributed by atoms with Crippen LogP contribution < -0.4 is 9.47 Å². The van der Waals surface area contributed by atoms with Crippen molar-refractivity contribution in [2.75, 3.05) is 27.3 Å². The molecule has 0 spiro atoms. The van der Waals surface area contributed by atoms with Crippen molar-refractivity contribution in [1.82, 2.24) is 9.80 Å². The van der Waals surface area contributed by atoms with E-state index < -0.39 is 11.6 Å². The first-order chi connectivity index (χ1) is 16.7. The Balaban J connectivity index is 1.74. The molecular formula is C25H28Cl2N2O6. The van der Waals surface area contributed by atoms with E-state index in [1.165, 1.54) is 25.2 Å². The average molecular weight is 523 g/mol. The summed E-state index contributed by atoms with van der Waals surface area (Å²) in [6.07, 6.45) is 0.416. The molecule has 10 heteroatoms. The molecule has 0 bridgehead atoms. The number of halogens is 2. The highest BCUT2D eigenvalue weighted by molar-refractivity contribution is 6.32. The van der Waals surface area contributed by atoms with E-state index in [0.717, 1.165) is 5.56 Å². The number of hydrogen-bond donors (Lipinski definition) is 0. The molecule has 1 saturated heterocycles. The van der Waals surface area contributed by atoms with E-state index in [-0.39, 0.29) is 29.1 Å². The van der Waals surface area contributed by atoms with E-state index >= 15 is 0 Å². The summed E-state index contributed by atoms with van der Waals surface area (Å²) in [7, 11) is 2.84. The lowest BCUT2D eigenvalue weighted by Gasteiger charge is -2.49. The summed E-state index contributed by atoms with van der Waals surface area (Å²) in [5.74, 6) is 0.125. The van der Waals surface area contributed by atoms with Gasteiger partial charge >= 0.3 is 12.1 Å². The maximum Gasteiger partial charge on any atom is 0.416 e. The fourth-order valence-corrected chi connectivity index (χ4v) is 4.17. The fraction of sp³-hybridized carbons (Fsp3) is 0.400. The van der Waals surface area contributed by atoms with Crippen LogP contribution in [0.3, 0.4) is 0 Å². The van der Waals surface area contributed by atoms with Gasteiger partial charge in [-0.3, -0.25) is 14.5 Å². The Bertz CT molecular complexity index is 1080. The van der Waals surface area contributed by atoms with Crippen molar-refractivity contribution in [3.63, 3.8) is 0 Å². The molecule has 8 nitrogen and oxygen atoms in total. The van der Waals surface area contributed by atoms with Crippen LogP contribution in [0.15, 0.2) is 42.5 Å². The third-order valence-electron chi connectivity index (χ3n) is 6.05. The molecule has 0 radical (unpaired) electrons. The lowest BCUT2D eigenvalue weighted by atomic mass is 9.85. The van der Waals surface area contributed by atoms with Crippen LogP contribution in [-0.4, -0.2) is 60.6 Å². The first-order valence-electron chi connectivity index (χ1n) is 11.1. The minimum absolute atomic E-state index is 0.176. The van der Waals surface area contributed by atoms with Gasteiger partial charge in [0.2, 0.25) is 5.91 Å². The quantitative estimate of drug-likeness (QED) is 0.433. The zero-order valence-electron chi connectivity index (χ0n) is 19.9. The highest BCUT2D eigenvalue weighted by atomic mass is 35.5. The molecule has 0 aromatic heterocycles. The third-order valence-corrected chi connectivity index (χ3v) is 6.59. The molecule has 2 aromatic rings. The number of amides is 2. The van der Waals surface area contributed by atoms with Crippen LogP contribution in [0.5, 0.6) is 11.5 Å². The van der Waals surface area contributed by atoms with Crippen molar-refractivity contribution in [2.45, 2.75) is 38.3 Å². The zero-order valence-corrected chi connectivity index (χ0v) is 21.4. The molecule has 1 aliphatic rings. The Morgan fingerprint density at radius 2 is 1.80 bits per heavy atom. The molecule has 3 rings (SSSR count). The third kappa shape index (κ3) is 6.38. The maximum absolute atomic E-state index is 13.7. The second kappa shape index (κ2) is 11.6. The van der Waals surface area contributed by atoms with E-state index in [4.69, 9.17) is 37.4 Å². The summed E-state index contributed by atoms with van der Waals surface area (Å²) in [5, 5.41) is 0.813. The molecule has 1 aliphatic heterocycles. The van der Waals surface area contributed by atoms with Crippen LogP contribution in [0.2, 0.25) is 10.0 Å². The maximum atomic E-state index is 13.7. The number of esters is 1. The number of rotatable bonds is 9. The summed E-state index contributed by atoms with van der Waals surface area (Å²) < 4.78 is 15.3. The number of benzene rings is 2. The van der Waals surface area contributed by atoms with Crippen molar-refractivity contribution in [1.29, 1.82) is 0 Å².